The molecule has 0 saturated heterocycles. The lowest BCUT2D eigenvalue weighted by molar-refractivity contribution is 0.0600. The summed E-state index contributed by atoms with van der Waals surface area (Å²) >= 11 is 0. The number of aromatic nitrogens is 1. The van der Waals surface area contributed by atoms with E-state index in [-0.39, 0.29) is 11.9 Å². The molecule has 6 heteroatoms. The molecule has 0 aliphatic rings. The molecule has 2 N–H and O–H groups in total. The van der Waals surface area contributed by atoms with Crippen LogP contribution in [-0.2, 0) is 4.74 Å². The summed E-state index contributed by atoms with van der Waals surface area (Å²) < 4.78 is 4.67. The van der Waals surface area contributed by atoms with E-state index in [1.165, 1.54) is 13.3 Å². The van der Waals surface area contributed by atoms with Gasteiger partial charge in [-0.25, -0.2) is 9.78 Å². The third-order valence-electron chi connectivity index (χ3n) is 3.88. The van der Waals surface area contributed by atoms with Gasteiger partial charge < -0.3 is 15.4 Å². The molecule has 0 spiro atoms. The Labute approximate surface area is 157 Å². The molecule has 136 valence electrons. The predicted molar refractivity (Wildman–Crippen MR) is 104 cm³/mol. The predicted octanol–water partition coefficient (Wildman–Crippen LogP) is 4.17. The van der Waals surface area contributed by atoms with Crippen LogP contribution in [-0.4, -0.2) is 24.0 Å². The molecule has 1 heterocycles. The third-order valence-corrected chi connectivity index (χ3v) is 3.88. The molecule has 0 bridgehead atoms. The molecule has 6 nitrogen and oxygen atoms in total. The first-order chi connectivity index (χ1) is 13.0. The number of benzene rings is 2. The Morgan fingerprint density at radius 2 is 1.67 bits per heavy atom. The summed E-state index contributed by atoms with van der Waals surface area (Å²) in [7, 11) is 1.34. The Hall–Kier alpha value is -3.67. The quantitative estimate of drug-likeness (QED) is 0.667. The van der Waals surface area contributed by atoms with E-state index in [1.54, 1.807) is 36.4 Å². The standard InChI is InChI=1S/C21H19N3O3/c1-14-4-3-5-18(12-14)24-20(25)16-8-11-19(22-13-16)23-17-9-6-15(7-10-17)21(26)27-2/h3-13H,1-2H3,(H,22,23)(H,24,25). The maximum absolute atomic E-state index is 12.3. The van der Waals surface area contributed by atoms with Crippen molar-refractivity contribution in [2.45, 2.75) is 6.92 Å². The largest absolute Gasteiger partial charge is 0.465 e. The molecule has 1 aromatic heterocycles. The van der Waals surface area contributed by atoms with Crippen LogP contribution in [0.5, 0.6) is 0 Å². The van der Waals surface area contributed by atoms with Crippen molar-refractivity contribution >= 4 is 29.1 Å². The highest BCUT2D eigenvalue weighted by molar-refractivity contribution is 6.04. The van der Waals surface area contributed by atoms with Crippen molar-refractivity contribution in [2.24, 2.45) is 0 Å². The van der Waals surface area contributed by atoms with Gasteiger partial charge in [0.25, 0.3) is 5.91 Å². The van der Waals surface area contributed by atoms with Gasteiger partial charge in [0.05, 0.1) is 18.2 Å². The fourth-order valence-corrected chi connectivity index (χ4v) is 2.48. The minimum atomic E-state index is -0.386. The number of nitrogens with zero attached hydrogens (tertiary/aromatic N) is 1. The van der Waals surface area contributed by atoms with Crippen molar-refractivity contribution in [2.75, 3.05) is 17.7 Å². The first-order valence-electron chi connectivity index (χ1n) is 8.34. The minimum absolute atomic E-state index is 0.220. The summed E-state index contributed by atoms with van der Waals surface area (Å²) in [4.78, 5) is 28.0. The van der Waals surface area contributed by atoms with Crippen LogP contribution >= 0.6 is 0 Å². The van der Waals surface area contributed by atoms with Crippen LogP contribution < -0.4 is 10.6 Å². The number of pyridine rings is 1. The lowest BCUT2D eigenvalue weighted by atomic mass is 10.2. The third kappa shape index (κ3) is 4.70. The van der Waals surface area contributed by atoms with Gasteiger partial charge >= 0.3 is 5.97 Å². The van der Waals surface area contributed by atoms with Crippen LogP contribution in [0.2, 0.25) is 0 Å². The molecule has 0 saturated carbocycles. The summed E-state index contributed by atoms with van der Waals surface area (Å²) in [5.41, 5.74) is 3.52. The second kappa shape index (κ2) is 8.14. The average molecular weight is 361 g/mol. The smallest absolute Gasteiger partial charge is 0.337 e. The SMILES string of the molecule is COC(=O)c1ccc(Nc2ccc(C(=O)Nc3cccc(C)c3)cn2)cc1. The van der Waals surface area contributed by atoms with Gasteiger partial charge in [-0.15, -0.1) is 0 Å². The van der Waals surface area contributed by atoms with E-state index >= 15 is 0 Å². The topological polar surface area (TPSA) is 80.3 Å². The van der Waals surface area contributed by atoms with Gasteiger partial charge in [0, 0.05) is 17.6 Å². The first-order valence-corrected chi connectivity index (χ1v) is 8.34. The number of aryl methyl sites for hydroxylation is 1. The Morgan fingerprint density at radius 3 is 2.30 bits per heavy atom. The molecule has 3 rings (SSSR count). The molecule has 27 heavy (non-hydrogen) atoms. The highest BCUT2D eigenvalue weighted by atomic mass is 16.5. The van der Waals surface area contributed by atoms with Gasteiger partial charge in [-0.2, -0.15) is 0 Å². The second-order valence-electron chi connectivity index (χ2n) is 5.95. The second-order valence-corrected chi connectivity index (χ2v) is 5.95. The Bertz CT molecular complexity index is 951. The number of amides is 1. The number of nitrogens with one attached hydrogen (secondary N) is 2. The normalized spacial score (nSPS) is 10.1. The van der Waals surface area contributed by atoms with Crippen molar-refractivity contribution < 1.29 is 14.3 Å². The van der Waals surface area contributed by atoms with Crippen LogP contribution in [0, 0.1) is 6.92 Å². The van der Waals surface area contributed by atoms with E-state index in [2.05, 4.69) is 20.4 Å². The number of methoxy groups -OCH3 is 1. The zero-order valence-electron chi connectivity index (χ0n) is 15.0. The molecular formula is C21H19N3O3. The van der Waals surface area contributed by atoms with E-state index in [0.717, 1.165) is 16.9 Å². The number of carbonyl (C=O) groups is 2. The number of carbonyl (C=O) groups excluding carboxylic acids is 2. The van der Waals surface area contributed by atoms with Gasteiger partial charge in [0.15, 0.2) is 0 Å². The summed E-state index contributed by atoms with van der Waals surface area (Å²) in [6, 6.07) is 17.9. The summed E-state index contributed by atoms with van der Waals surface area (Å²) in [6.07, 6.45) is 1.51. The van der Waals surface area contributed by atoms with Crippen LogP contribution in [0.4, 0.5) is 17.2 Å². The Morgan fingerprint density at radius 1 is 0.926 bits per heavy atom. The number of hydrogen-bond acceptors (Lipinski definition) is 5. The molecule has 3 aromatic rings. The van der Waals surface area contributed by atoms with Gasteiger partial charge in [-0.05, 0) is 61.0 Å². The summed E-state index contributed by atoms with van der Waals surface area (Å²) in [5, 5.41) is 5.96. The monoisotopic (exact) mass is 361 g/mol. The van der Waals surface area contributed by atoms with Crippen molar-refractivity contribution in [3.8, 4) is 0 Å². The molecule has 0 aliphatic carbocycles. The van der Waals surface area contributed by atoms with Crippen LogP contribution in [0.25, 0.3) is 0 Å². The number of anilines is 3. The first kappa shape index (κ1) is 18.1. The van der Waals surface area contributed by atoms with Crippen molar-refractivity contribution in [3.63, 3.8) is 0 Å². The molecule has 0 fully saturated rings. The Balaban J connectivity index is 1.64. The molecule has 0 atom stereocenters. The minimum Gasteiger partial charge on any atom is -0.465 e. The Kier molecular flexibility index (Phi) is 5.47. The summed E-state index contributed by atoms with van der Waals surface area (Å²) in [6.45, 7) is 1.97. The molecule has 2 aromatic carbocycles. The highest BCUT2D eigenvalue weighted by Gasteiger charge is 2.08. The van der Waals surface area contributed by atoms with E-state index in [1.807, 2.05) is 31.2 Å². The number of rotatable bonds is 5. The van der Waals surface area contributed by atoms with Crippen molar-refractivity contribution in [1.29, 1.82) is 0 Å². The molecule has 0 radical (unpaired) electrons. The molecule has 1 amide bonds. The van der Waals surface area contributed by atoms with Crippen LogP contribution in [0.15, 0.2) is 66.9 Å². The molecular weight excluding hydrogens is 342 g/mol. The van der Waals surface area contributed by atoms with E-state index < -0.39 is 0 Å². The van der Waals surface area contributed by atoms with Crippen LogP contribution in [0.1, 0.15) is 26.3 Å². The van der Waals surface area contributed by atoms with E-state index in [9.17, 15) is 9.59 Å². The number of hydrogen-bond donors (Lipinski definition) is 2. The highest BCUT2D eigenvalue weighted by Crippen LogP contribution is 2.17. The molecule has 0 aliphatic heterocycles. The van der Waals surface area contributed by atoms with Crippen LogP contribution in [0.3, 0.4) is 0 Å². The average Bonchev–Trinajstić information content (AvgIpc) is 2.68. The molecule has 0 unspecified atom stereocenters. The fraction of sp³-hybridized carbons (Fsp3) is 0.0952. The summed E-state index contributed by atoms with van der Waals surface area (Å²) in [5.74, 6) is -0.0151. The van der Waals surface area contributed by atoms with Crippen molar-refractivity contribution in [1.82, 2.24) is 4.98 Å². The van der Waals surface area contributed by atoms with Gasteiger partial charge in [0.1, 0.15) is 5.82 Å². The van der Waals surface area contributed by atoms with Gasteiger partial charge in [0.2, 0.25) is 0 Å². The lowest BCUT2D eigenvalue weighted by Gasteiger charge is -2.08. The van der Waals surface area contributed by atoms with Gasteiger partial charge in [-0.1, -0.05) is 12.1 Å². The number of ether oxygens (including phenoxy) is 1. The maximum atomic E-state index is 12.3. The van der Waals surface area contributed by atoms with E-state index in [0.29, 0.717) is 16.9 Å². The zero-order valence-corrected chi connectivity index (χ0v) is 15.0. The van der Waals surface area contributed by atoms with Crippen molar-refractivity contribution in [3.05, 3.63) is 83.6 Å². The number of esters is 1. The maximum Gasteiger partial charge on any atom is 0.337 e. The van der Waals surface area contributed by atoms with Gasteiger partial charge in [-0.3, -0.25) is 4.79 Å². The van der Waals surface area contributed by atoms with E-state index in [4.69, 9.17) is 0 Å². The lowest BCUT2D eigenvalue weighted by Crippen LogP contribution is -2.12. The zero-order chi connectivity index (χ0) is 19.2. The fourth-order valence-electron chi connectivity index (χ4n) is 2.48.